The first-order valence-corrected chi connectivity index (χ1v) is 7.16. The molecular formula is C17H12N4O2. The molecule has 0 aliphatic rings. The SMILES string of the molecule is O=C(CC(=O)c1nc2ccccc2[nH]1)c1nc2ccccc2[nH]1. The topological polar surface area (TPSA) is 91.5 Å². The molecule has 4 rings (SSSR count). The number of rotatable bonds is 4. The normalized spacial score (nSPS) is 11.1. The highest BCUT2D eigenvalue weighted by Gasteiger charge is 2.19. The predicted molar refractivity (Wildman–Crippen MR) is 85.5 cm³/mol. The summed E-state index contributed by atoms with van der Waals surface area (Å²) >= 11 is 0. The zero-order valence-corrected chi connectivity index (χ0v) is 12.0. The van der Waals surface area contributed by atoms with Gasteiger partial charge in [-0.1, -0.05) is 24.3 Å². The highest BCUT2D eigenvalue weighted by atomic mass is 16.1. The van der Waals surface area contributed by atoms with E-state index in [2.05, 4.69) is 19.9 Å². The summed E-state index contributed by atoms with van der Waals surface area (Å²) in [4.78, 5) is 38.8. The van der Waals surface area contributed by atoms with E-state index >= 15 is 0 Å². The van der Waals surface area contributed by atoms with Crippen LogP contribution in [0.2, 0.25) is 0 Å². The van der Waals surface area contributed by atoms with E-state index in [9.17, 15) is 9.59 Å². The summed E-state index contributed by atoms with van der Waals surface area (Å²) in [5.74, 6) is -0.329. The van der Waals surface area contributed by atoms with E-state index in [0.29, 0.717) is 11.0 Å². The number of hydrogen-bond acceptors (Lipinski definition) is 4. The molecule has 2 aromatic carbocycles. The first-order chi connectivity index (χ1) is 11.2. The Morgan fingerprint density at radius 1 is 0.739 bits per heavy atom. The minimum Gasteiger partial charge on any atom is -0.335 e. The zero-order chi connectivity index (χ0) is 15.8. The number of aromatic amines is 2. The molecular weight excluding hydrogens is 292 g/mol. The highest BCUT2D eigenvalue weighted by molar-refractivity contribution is 6.12. The molecule has 2 heterocycles. The number of imidazole rings is 2. The van der Waals surface area contributed by atoms with Gasteiger partial charge < -0.3 is 9.97 Å². The number of fused-ring (bicyclic) bond motifs is 2. The van der Waals surface area contributed by atoms with E-state index in [1.165, 1.54) is 0 Å². The number of benzene rings is 2. The van der Waals surface area contributed by atoms with Crippen LogP contribution >= 0.6 is 0 Å². The lowest BCUT2D eigenvalue weighted by Gasteiger charge is -1.94. The Morgan fingerprint density at radius 3 is 1.61 bits per heavy atom. The molecule has 23 heavy (non-hydrogen) atoms. The number of hydrogen-bond donors (Lipinski definition) is 2. The molecule has 2 N–H and O–H groups in total. The molecule has 0 unspecified atom stereocenters. The molecule has 0 atom stereocenters. The van der Waals surface area contributed by atoms with Gasteiger partial charge in [0.05, 0.1) is 28.5 Å². The third kappa shape index (κ3) is 2.40. The van der Waals surface area contributed by atoms with Gasteiger partial charge in [-0.2, -0.15) is 0 Å². The second-order valence-electron chi connectivity index (χ2n) is 5.23. The molecule has 6 nitrogen and oxygen atoms in total. The smallest absolute Gasteiger partial charge is 0.205 e. The van der Waals surface area contributed by atoms with Crippen LogP contribution in [0.4, 0.5) is 0 Å². The van der Waals surface area contributed by atoms with Gasteiger partial charge in [-0.3, -0.25) is 9.59 Å². The van der Waals surface area contributed by atoms with Crippen molar-refractivity contribution in [3.05, 3.63) is 60.2 Å². The van der Waals surface area contributed by atoms with Crippen molar-refractivity contribution in [3.8, 4) is 0 Å². The van der Waals surface area contributed by atoms with Gasteiger partial charge >= 0.3 is 0 Å². The number of ketones is 2. The largest absolute Gasteiger partial charge is 0.335 e. The van der Waals surface area contributed by atoms with Gasteiger partial charge in [0.2, 0.25) is 11.6 Å². The van der Waals surface area contributed by atoms with Crippen LogP contribution in [0.25, 0.3) is 22.1 Å². The lowest BCUT2D eigenvalue weighted by atomic mass is 10.2. The Hall–Kier alpha value is -3.28. The quantitative estimate of drug-likeness (QED) is 0.448. The van der Waals surface area contributed by atoms with Gasteiger partial charge in [0.25, 0.3) is 0 Å². The van der Waals surface area contributed by atoms with Crippen molar-refractivity contribution in [1.82, 2.24) is 19.9 Å². The van der Waals surface area contributed by atoms with Crippen molar-refractivity contribution in [1.29, 1.82) is 0 Å². The maximum atomic E-state index is 12.3. The Bertz CT molecular complexity index is 895. The van der Waals surface area contributed by atoms with Crippen molar-refractivity contribution >= 4 is 33.6 Å². The predicted octanol–water partition coefficient (Wildman–Crippen LogP) is 2.89. The summed E-state index contributed by atoms with van der Waals surface area (Å²) in [5, 5.41) is 0. The zero-order valence-electron chi connectivity index (χ0n) is 12.0. The first-order valence-electron chi connectivity index (χ1n) is 7.16. The van der Waals surface area contributed by atoms with Crippen LogP contribution in [0, 0.1) is 0 Å². The van der Waals surface area contributed by atoms with Gasteiger partial charge in [0.15, 0.2) is 11.6 Å². The van der Waals surface area contributed by atoms with Crippen LogP contribution in [-0.4, -0.2) is 31.5 Å². The minimum absolute atomic E-state index is 0.190. The Morgan fingerprint density at radius 2 is 1.17 bits per heavy atom. The van der Waals surface area contributed by atoms with Gasteiger partial charge in [-0.05, 0) is 24.3 Å². The lowest BCUT2D eigenvalue weighted by molar-refractivity contribution is 0.0884. The summed E-state index contributed by atoms with van der Waals surface area (Å²) in [7, 11) is 0. The van der Waals surface area contributed by atoms with Crippen LogP contribution < -0.4 is 0 Å². The third-order valence-corrected chi connectivity index (χ3v) is 3.63. The average Bonchev–Trinajstić information content (AvgIpc) is 3.18. The molecule has 0 saturated heterocycles. The van der Waals surface area contributed by atoms with E-state index in [0.717, 1.165) is 11.0 Å². The second kappa shape index (κ2) is 5.17. The maximum absolute atomic E-state index is 12.3. The number of aromatic nitrogens is 4. The molecule has 0 saturated carbocycles. The van der Waals surface area contributed by atoms with Crippen LogP contribution in [0.1, 0.15) is 27.7 Å². The molecule has 0 aliphatic heterocycles. The fourth-order valence-electron chi connectivity index (χ4n) is 2.48. The van der Waals surface area contributed by atoms with E-state index in [-0.39, 0.29) is 29.6 Å². The number of nitrogens with one attached hydrogen (secondary N) is 2. The standard InChI is InChI=1S/C17H12N4O2/c22-14(16-18-10-5-1-2-6-11(10)19-16)9-15(23)17-20-12-7-3-4-8-13(12)21-17/h1-8H,9H2,(H,18,19)(H,20,21). The third-order valence-electron chi connectivity index (χ3n) is 3.63. The van der Waals surface area contributed by atoms with Crippen molar-refractivity contribution in [3.63, 3.8) is 0 Å². The molecule has 0 bridgehead atoms. The van der Waals surface area contributed by atoms with Crippen LogP contribution in [0.5, 0.6) is 0 Å². The average molecular weight is 304 g/mol. The van der Waals surface area contributed by atoms with Gasteiger partial charge in [0, 0.05) is 0 Å². The van der Waals surface area contributed by atoms with Crippen molar-refractivity contribution in [2.24, 2.45) is 0 Å². The number of carbonyl (C=O) groups is 2. The summed E-state index contributed by atoms with van der Waals surface area (Å²) < 4.78 is 0. The van der Waals surface area contributed by atoms with Gasteiger partial charge in [-0.25, -0.2) is 9.97 Å². The highest BCUT2D eigenvalue weighted by Crippen LogP contribution is 2.14. The number of carbonyl (C=O) groups excluding carboxylic acids is 2. The summed E-state index contributed by atoms with van der Waals surface area (Å²) in [5.41, 5.74) is 2.94. The van der Waals surface area contributed by atoms with Gasteiger partial charge in [-0.15, -0.1) is 0 Å². The molecule has 4 aromatic rings. The molecule has 2 aromatic heterocycles. The molecule has 0 aliphatic carbocycles. The van der Waals surface area contributed by atoms with Crippen molar-refractivity contribution in [2.75, 3.05) is 0 Å². The van der Waals surface area contributed by atoms with Gasteiger partial charge in [0.1, 0.15) is 0 Å². The lowest BCUT2D eigenvalue weighted by Crippen LogP contribution is -2.11. The first kappa shape index (κ1) is 13.4. The second-order valence-corrected chi connectivity index (χ2v) is 5.23. The van der Waals surface area contributed by atoms with Crippen LogP contribution in [0.3, 0.4) is 0 Å². The Labute approximate surface area is 130 Å². The molecule has 0 spiro atoms. The fraction of sp³-hybridized carbons (Fsp3) is 0.0588. The Balaban J connectivity index is 1.58. The number of nitrogens with zero attached hydrogens (tertiary/aromatic N) is 2. The van der Waals surface area contributed by atoms with Crippen molar-refractivity contribution < 1.29 is 9.59 Å². The number of para-hydroxylation sites is 4. The van der Waals surface area contributed by atoms with E-state index in [1.54, 1.807) is 0 Å². The number of H-pyrrole nitrogens is 2. The van der Waals surface area contributed by atoms with E-state index in [1.807, 2.05) is 48.5 Å². The summed E-state index contributed by atoms with van der Waals surface area (Å²) in [6, 6.07) is 14.7. The Kier molecular flexibility index (Phi) is 3.01. The number of Topliss-reactive ketones (excluding diaryl/α,β-unsaturated/α-hetero) is 2. The summed E-state index contributed by atoms with van der Waals surface area (Å²) in [6.45, 7) is 0. The fourth-order valence-corrected chi connectivity index (χ4v) is 2.48. The van der Waals surface area contributed by atoms with E-state index < -0.39 is 0 Å². The maximum Gasteiger partial charge on any atom is 0.205 e. The molecule has 6 heteroatoms. The van der Waals surface area contributed by atoms with Crippen molar-refractivity contribution in [2.45, 2.75) is 6.42 Å². The van der Waals surface area contributed by atoms with E-state index in [4.69, 9.17) is 0 Å². The van der Waals surface area contributed by atoms with Crippen LogP contribution in [-0.2, 0) is 0 Å². The molecule has 112 valence electrons. The molecule has 0 radical (unpaired) electrons. The molecule has 0 fully saturated rings. The monoisotopic (exact) mass is 304 g/mol. The van der Waals surface area contributed by atoms with Crippen LogP contribution in [0.15, 0.2) is 48.5 Å². The molecule has 0 amide bonds. The minimum atomic E-state index is -0.355. The summed E-state index contributed by atoms with van der Waals surface area (Å²) in [6.07, 6.45) is -0.278.